The minimum atomic E-state index is -3.35. The van der Waals surface area contributed by atoms with Crippen molar-refractivity contribution in [2.24, 2.45) is 0 Å². The molecule has 0 atom stereocenters. The van der Waals surface area contributed by atoms with Crippen LogP contribution in [-0.4, -0.2) is 32.5 Å². The Hall–Kier alpha value is -2.58. The van der Waals surface area contributed by atoms with Gasteiger partial charge in [0.1, 0.15) is 0 Å². The van der Waals surface area contributed by atoms with E-state index in [0.717, 1.165) is 6.42 Å². The summed E-state index contributed by atoms with van der Waals surface area (Å²) in [4.78, 5) is 23.7. The maximum atomic E-state index is 12.6. The maximum Gasteiger partial charge on any atom is 0.257 e. The van der Waals surface area contributed by atoms with E-state index in [-0.39, 0.29) is 22.2 Å². The van der Waals surface area contributed by atoms with Crippen molar-refractivity contribution in [1.29, 1.82) is 0 Å². The largest absolute Gasteiger partial charge is 0.326 e. The summed E-state index contributed by atoms with van der Waals surface area (Å²) in [7, 11) is -3.35. The van der Waals surface area contributed by atoms with Gasteiger partial charge in [-0.15, -0.1) is 0 Å². The van der Waals surface area contributed by atoms with Gasteiger partial charge in [0, 0.05) is 24.8 Å². The van der Waals surface area contributed by atoms with E-state index in [4.69, 9.17) is 11.6 Å². The number of amides is 2. The molecule has 2 N–H and O–H groups in total. The Labute approximate surface area is 168 Å². The fraction of sp³-hybridized carbons (Fsp3) is 0.263. The van der Waals surface area contributed by atoms with E-state index in [0.29, 0.717) is 30.0 Å². The number of hydrogen-bond acceptors (Lipinski definition) is 4. The van der Waals surface area contributed by atoms with E-state index in [1.807, 2.05) is 0 Å². The highest BCUT2D eigenvalue weighted by molar-refractivity contribution is 7.92. The predicted molar refractivity (Wildman–Crippen MR) is 111 cm³/mol. The second-order valence-electron chi connectivity index (χ2n) is 6.48. The first-order valence-electron chi connectivity index (χ1n) is 8.75. The van der Waals surface area contributed by atoms with Crippen LogP contribution in [0, 0.1) is 0 Å². The molecule has 7 nitrogen and oxygen atoms in total. The molecule has 0 unspecified atom stereocenters. The second kappa shape index (κ2) is 8.20. The quantitative estimate of drug-likeness (QED) is 0.789. The second-order valence-corrected chi connectivity index (χ2v) is 8.90. The van der Waals surface area contributed by atoms with Crippen molar-refractivity contribution in [3.05, 3.63) is 53.1 Å². The Balaban J connectivity index is 1.79. The minimum Gasteiger partial charge on any atom is -0.326 e. The van der Waals surface area contributed by atoms with E-state index < -0.39 is 15.9 Å². The summed E-state index contributed by atoms with van der Waals surface area (Å²) in [6, 6.07) is 11.3. The van der Waals surface area contributed by atoms with Crippen LogP contribution in [0.15, 0.2) is 42.5 Å². The molecular formula is C19H20ClN3O4S. The molecule has 0 spiro atoms. The van der Waals surface area contributed by atoms with Gasteiger partial charge in [0.05, 0.1) is 22.0 Å². The molecular weight excluding hydrogens is 402 g/mol. The number of hydrogen-bond donors (Lipinski definition) is 2. The molecule has 2 aromatic carbocycles. The molecule has 9 heteroatoms. The summed E-state index contributed by atoms with van der Waals surface area (Å²) in [5.41, 5.74) is 1.73. The van der Waals surface area contributed by atoms with E-state index >= 15 is 0 Å². The number of carbonyl (C=O) groups is 2. The number of anilines is 3. The molecule has 2 amide bonds. The fourth-order valence-electron chi connectivity index (χ4n) is 3.00. The molecule has 0 saturated carbocycles. The summed E-state index contributed by atoms with van der Waals surface area (Å²) >= 11 is 6.26. The van der Waals surface area contributed by atoms with E-state index in [1.54, 1.807) is 30.3 Å². The first kappa shape index (κ1) is 20.2. The highest BCUT2D eigenvalue weighted by Gasteiger charge is 2.26. The molecule has 148 valence electrons. The van der Waals surface area contributed by atoms with Crippen molar-refractivity contribution in [3.8, 4) is 0 Å². The topological polar surface area (TPSA) is 95.6 Å². The lowest BCUT2D eigenvalue weighted by atomic mass is 10.1. The van der Waals surface area contributed by atoms with Crippen LogP contribution in [0.25, 0.3) is 0 Å². The molecule has 0 bridgehead atoms. The summed E-state index contributed by atoms with van der Waals surface area (Å²) in [6.45, 7) is 1.80. The molecule has 28 heavy (non-hydrogen) atoms. The van der Waals surface area contributed by atoms with Crippen LogP contribution in [0.1, 0.15) is 30.1 Å². The fourth-order valence-corrected chi connectivity index (χ4v) is 4.89. The average molecular weight is 422 g/mol. The molecule has 1 aliphatic rings. The monoisotopic (exact) mass is 421 g/mol. The smallest absolute Gasteiger partial charge is 0.257 e. The molecule has 1 saturated heterocycles. The van der Waals surface area contributed by atoms with Crippen molar-refractivity contribution in [2.75, 3.05) is 27.2 Å². The number of nitrogens with zero attached hydrogens (tertiary/aromatic N) is 1. The Kier molecular flexibility index (Phi) is 5.90. The molecule has 2 aromatic rings. The van der Waals surface area contributed by atoms with Crippen molar-refractivity contribution >= 4 is 50.5 Å². The minimum absolute atomic E-state index is 0.109. The van der Waals surface area contributed by atoms with Gasteiger partial charge in [-0.05, 0) is 49.2 Å². The number of carbonyl (C=O) groups excluding carboxylic acids is 2. The molecule has 1 heterocycles. The van der Waals surface area contributed by atoms with Crippen LogP contribution in [0.2, 0.25) is 5.02 Å². The van der Waals surface area contributed by atoms with Crippen LogP contribution in [-0.2, 0) is 14.8 Å². The summed E-state index contributed by atoms with van der Waals surface area (Å²) in [6.07, 6.45) is 1.42. The van der Waals surface area contributed by atoms with Crippen molar-refractivity contribution < 1.29 is 18.0 Å². The average Bonchev–Trinajstić information content (AvgIpc) is 2.61. The van der Waals surface area contributed by atoms with Crippen LogP contribution in [0.5, 0.6) is 0 Å². The van der Waals surface area contributed by atoms with Gasteiger partial charge < -0.3 is 10.6 Å². The molecule has 1 aliphatic heterocycles. The number of benzene rings is 2. The van der Waals surface area contributed by atoms with E-state index in [9.17, 15) is 18.0 Å². The highest BCUT2D eigenvalue weighted by Crippen LogP contribution is 2.29. The predicted octanol–water partition coefficient (Wildman–Crippen LogP) is 3.48. The summed E-state index contributed by atoms with van der Waals surface area (Å²) < 4.78 is 25.8. The molecule has 0 radical (unpaired) electrons. The van der Waals surface area contributed by atoms with Gasteiger partial charge in [-0.2, -0.15) is 0 Å². The molecule has 0 aromatic heterocycles. The maximum absolute atomic E-state index is 12.6. The van der Waals surface area contributed by atoms with Gasteiger partial charge in [0.15, 0.2) is 0 Å². The molecule has 1 fully saturated rings. The summed E-state index contributed by atoms with van der Waals surface area (Å²) in [5, 5.41) is 5.52. The standard InChI is InChI=1S/C19H20ClN3O4S/c1-13(24)21-14-5-4-6-15(11-14)22-19(25)17-8-7-16(12-18(17)20)23-9-2-3-10-28(23,26)27/h4-8,11-12H,2-3,9-10H2,1H3,(H,21,24)(H,22,25). The zero-order valence-corrected chi connectivity index (χ0v) is 16.8. The van der Waals surface area contributed by atoms with Gasteiger partial charge in [0.2, 0.25) is 15.9 Å². The number of rotatable bonds is 4. The lowest BCUT2D eigenvalue weighted by molar-refractivity contribution is -0.114. The zero-order valence-electron chi connectivity index (χ0n) is 15.2. The van der Waals surface area contributed by atoms with Gasteiger partial charge in [-0.25, -0.2) is 8.42 Å². The van der Waals surface area contributed by atoms with Gasteiger partial charge >= 0.3 is 0 Å². The lowest BCUT2D eigenvalue weighted by Gasteiger charge is -2.28. The highest BCUT2D eigenvalue weighted by atomic mass is 35.5. The first-order valence-corrected chi connectivity index (χ1v) is 10.7. The Morgan fingerprint density at radius 1 is 1.04 bits per heavy atom. The molecule has 0 aliphatic carbocycles. The van der Waals surface area contributed by atoms with Crippen molar-refractivity contribution in [2.45, 2.75) is 19.8 Å². The Morgan fingerprint density at radius 3 is 2.39 bits per heavy atom. The van der Waals surface area contributed by atoms with Crippen molar-refractivity contribution in [3.63, 3.8) is 0 Å². The van der Waals surface area contributed by atoms with Crippen LogP contribution < -0.4 is 14.9 Å². The normalized spacial score (nSPS) is 15.7. The van der Waals surface area contributed by atoms with Crippen LogP contribution in [0.3, 0.4) is 0 Å². The Bertz CT molecular complexity index is 1020. The third-order valence-electron chi connectivity index (χ3n) is 4.28. The summed E-state index contributed by atoms with van der Waals surface area (Å²) in [5.74, 6) is -0.537. The lowest BCUT2D eigenvalue weighted by Crippen LogP contribution is -2.37. The van der Waals surface area contributed by atoms with Crippen LogP contribution in [0.4, 0.5) is 17.1 Å². The first-order chi connectivity index (χ1) is 13.3. The number of halogens is 1. The SMILES string of the molecule is CC(=O)Nc1cccc(NC(=O)c2ccc(N3CCCCS3(=O)=O)cc2Cl)c1. The van der Waals surface area contributed by atoms with Crippen LogP contribution >= 0.6 is 11.6 Å². The van der Waals surface area contributed by atoms with Gasteiger partial charge in [-0.3, -0.25) is 13.9 Å². The van der Waals surface area contributed by atoms with Crippen molar-refractivity contribution in [1.82, 2.24) is 0 Å². The molecule has 3 rings (SSSR count). The third kappa shape index (κ3) is 4.63. The number of sulfonamides is 1. The van der Waals surface area contributed by atoms with E-state index in [2.05, 4.69) is 10.6 Å². The third-order valence-corrected chi connectivity index (χ3v) is 6.46. The zero-order chi connectivity index (χ0) is 20.3. The van der Waals surface area contributed by atoms with Gasteiger partial charge in [0.25, 0.3) is 5.91 Å². The van der Waals surface area contributed by atoms with E-state index in [1.165, 1.54) is 23.4 Å². The Morgan fingerprint density at radius 2 is 1.75 bits per heavy atom. The van der Waals surface area contributed by atoms with Gasteiger partial charge in [-0.1, -0.05) is 17.7 Å². The number of nitrogens with one attached hydrogen (secondary N) is 2.